The lowest BCUT2D eigenvalue weighted by Gasteiger charge is -2.18. The van der Waals surface area contributed by atoms with Gasteiger partial charge in [-0.15, -0.1) is 0 Å². The SMILES string of the molecule is CNCCC(c1ccccc1)c1cc(Cl)c2[nH]ccc2c1. The summed E-state index contributed by atoms with van der Waals surface area (Å²) >= 11 is 6.42. The quantitative estimate of drug-likeness (QED) is 0.710. The molecular weight excluding hydrogens is 280 g/mol. The first kappa shape index (κ1) is 14.2. The van der Waals surface area contributed by atoms with Gasteiger partial charge in [0.1, 0.15) is 0 Å². The summed E-state index contributed by atoms with van der Waals surface area (Å²) in [5.41, 5.74) is 3.62. The third-order valence-electron chi connectivity index (χ3n) is 3.92. The molecule has 1 unspecified atom stereocenters. The molecule has 2 nitrogen and oxygen atoms in total. The highest BCUT2D eigenvalue weighted by Crippen LogP contribution is 2.33. The summed E-state index contributed by atoms with van der Waals surface area (Å²) < 4.78 is 0. The molecule has 108 valence electrons. The molecule has 2 aromatic carbocycles. The molecule has 0 saturated heterocycles. The van der Waals surface area contributed by atoms with Crippen molar-refractivity contribution in [2.24, 2.45) is 0 Å². The Morgan fingerprint density at radius 2 is 1.90 bits per heavy atom. The Bertz CT molecular complexity index is 718. The topological polar surface area (TPSA) is 27.8 Å². The van der Waals surface area contributed by atoms with Crippen LogP contribution in [0.2, 0.25) is 5.02 Å². The van der Waals surface area contributed by atoms with E-state index < -0.39 is 0 Å². The maximum atomic E-state index is 6.42. The van der Waals surface area contributed by atoms with Crippen LogP contribution in [0.3, 0.4) is 0 Å². The zero-order valence-corrected chi connectivity index (χ0v) is 12.8. The van der Waals surface area contributed by atoms with Gasteiger partial charge in [0.05, 0.1) is 10.5 Å². The van der Waals surface area contributed by atoms with Gasteiger partial charge in [0.2, 0.25) is 0 Å². The number of aromatic nitrogens is 1. The fourth-order valence-electron chi connectivity index (χ4n) is 2.85. The lowest BCUT2D eigenvalue weighted by Crippen LogP contribution is -2.13. The zero-order chi connectivity index (χ0) is 14.7. The highest BCUT2D eigenvalue weighted by molar-refractivity contribution is 6.35. The Labute approximate surface area is 130 Å². The Balaban J connectivity index is 2.05. The van der Waals surface area contributed by atoms with E-state index in [1.54, 1.807) is 0 Å². The van der Waals surface area contributed by atoms with Crippen LogP contribution in [0.1, 0.15) is 23.5 Å². The van der Waals surface area contributed by atoms with Crippen molar-refractivity contribution in [3.8, 4) is 0 Å². The third kappa shape index (κ3) is 2.97. The van der Waals surface area contributed by atoms with E-state index in [9.17, 15) is 0 Å². The Kier molecular flexibility index (Phi) is 4.28. The number of hydrogen-bond acceptors (Lipinski definition) is 1. The lowest BCUT2D eigenvalue weighted by atomic mass is 9.88. The lowest BCUT2D eigenvalue weighted by molar-refractivity contribution is 0.662. The van der Waals surface area contributed by atoms with Crippen molar-refractivity contribution in [3.05, 3.63) is 70.9 Å². The minimum Gasteiger partial charge on any atom is -0.360 e. The second-order valence-electron chi connectivity index (χ2n) is 5.30. The first-order valence-electron chi connectivity index (χ1n) is 7.25. The summed E-state index contributed by atoms with van der Waals surface area (Å²) in [4.78, 5) is 3.19. The monoisotopic (exact) mass is 298 g/mol. The van der Waals surface area contributed by atoms with Gasteiger partial charge in [-0.05, 0) is 49.3 Å². The minimum absolute atomic E-state index is 0.357. The third-order valence-corrected chi connectivity index (χ3v) is 4.22. The van der Waals surface area contributed by atoms with Crippen molar-refractivity contribution in [1.29, 1.82) is 0 Å². The number of hydrogen-bond donors (Lipinski definition) is 2. The van der Waals surface area contributed by atoms with E-state index in [0.717, 1.165) is 23.5 Å². The van der Waals surface area contributed by atoms with Crippen LogP contribution in [0.15, 0.2) is 54.7 Å². The standard InChI is InChI=1S/C18H19ClN2/c1-20-9-8-16(13-5-3-2-4-6-13)15-11-14-7-10-21-18(14)17(19)12-15/h2-7,10-12,16,20-21H,8-9H2,1H3. The van der Waals surface area contributed by atoms with Crippen molar-refractivity contribution in [2.45, 2.75) is 12.3 Å². The molecule has 0 radical (unpaired) electrons. The highest BCUT2D eigenvalue weighted by atomic mass is 35.5. The van der Waals surface area contributed by atoms with Crippen LogP contribution in [0, 0.1) is 0 Å². The molecule has 3 heteroatoms. The predicted molar refractivity (Wildman–Crippen MR) is 90.1 cm³/mol. The molecule has 2 N–H and O–H groups in total. The van der Waals surface area contributed by atoms with Crippen molar-refractivity contribution in [1.82, 2.24) is 10.3 Å². The van der Waals surface area contributed by atoms with E-state index in [1.807, 2.05) is 13.2 Å². The van der Waals surface area contributed by atoms with E-state index in [1.165, 1.54) is 16.5 Å². The second-order valence-corrected chi connectivity index (χ2v) is 5.71. The average Bonchev–Trinajstić information content (AvgIpc) is 2.98. The zero-order valence-electron chi connectivity index (χ0n) is 12.1. The molecule has 0 aliphatic carbocycles. The number of benzene rings is 2. The summed E-state index contributed by atoms with van der Waals surface area (Å²) in [6, 6.07) is 17.0. The maximum Gasteiger partial charge on any atom is 0.0649 e. The van der Waals surface area contributed by atoms with E-state index in [4.69, 9.17) is 11.6 Å². The Morgan fingerprint density at radius 3 is 2.67 bits per heavy atom. The smallest absolute Gasteiger partial charge is 0.0649 e. The maximum absolute atomic E-state index is 6.42. The molecule has 21 heavy (non-hydrogen) atoms. The molecule has 1 heterocycles. The van der Waals surface area contributed by atoms with Crippen LogP contribution in [0.25, 0.3) is 10.9 Å². The Hall–Kier alpha value is -1.77. The summed E-state index contributed by atoms with van der Waals surface area (Å²) in [7, 11) is 1.99. The minimum atomic E-state index is 0.357. The molecule has 0 saturated carbocycles. The highest BCUT2D eigenvalue weighted by Gasteiger charge is 2.15. The Morgan fingerprint density at radius 1 is 1.10 bits per heavy atom. The largest absolute Gasteiger partial charge is 0.360 e. The van der Waals surface area contributed by atoms with Crippen LogP contribution < -0.4 is 5.32 Å². The van der Waals surface area contributed by atoms with Gasteiger partial charge < -0.3 is 10.3 Å². The molecule has 0 aliphatic rings. The number of fused-ring (bicyclic) bond motifs is 1. The number of halogens is 1. The molecule has 3 rings (SSSR count). The van der Waals surface area contributed by atoms with Gasteiger partial charge >= 0.3 is 0 Å². The van der Waals surface area contributed by atoms with Crippen molar-refractivity contribution >= 4 is 22.5 Å². The van der Waals surface area contributed by atoms with Crippen molar-refractivity contribution in [3.63, 3.8) is 0 Å². The summed E-state index contributed by atoms with van der Waals surface area (Å²) in [5, 5.41) is 5.20. The van der Waals surface area contributed by atoms with Crippen LogP contribution >= 0.6 is 11.6 Å². The van der Waals surface area contributed by atoms with Gasteiger partial charge in [-0.1, -0.05) is 41.9 Å². The van der Waals surface area contributed by atoms with E-state index in [2.05, 4.69) is 58.8 Å². The van der Waals surface area contributed by atoms with Gasteiger partial charge in [-0.25, -0.2) is 0 Å². The van der Waals surface area contributed by atoms with Crippen LogP contribution in [0.4, 0.5) is 0 Å². The predicted octanol–water partition coefficient (Wildman–Crippen LogP) is 4.56. The van der Waals surface area contributed by atoms with Crippen molar-refractivity contribution in [2.75, 3.05) is 13.6 Å². The average molecular weight is 299 g/mol. The number of H-pyrrole nitrogens is 1. The van der Waals surface area contributed by atoms with Crippen LogP contribution in [-0.2, 0) is 0 Å². The van der Waals surface area contributed by atoms with Gasteiger partial charge in [0, 0.05) is 17.5 Å². The van der Waals surface area contributed by atoms with Gasteiger partial charge in [-0.2, -0.15) is 0 Å². The molecule has 0 amide bonds. The fourth-order valence-corrected chi connectivity index (χ4v) is 3.14. The summed E-state index contributed by atoms with van der Waals surface area (Å²) in [5.74, 6) is 0.357. The van der Waals surface area contributed by atoms with E-state index >= 15 is 0 Å². The molecule has 3 aromatic rings. The summed E-state index contributed by atoms with van der Waals surface area (Å²) in [6.07, 6.45) is 2.98. The molecular formula is C18H19ClN2. The van der Waals surface area contributed by atoms with Gasteiger partial charge in [0.25, 0.3) is 0 Å². The van der Waals surface area contributed by atoms with Crippen LogP contribution in [0.5, 0.6) is 0 Å². The van der Waals surface area contributed by atoms with E-state index in [-0.39, 0.29) is 0 Å². The number of nitrogens with one attached hydrogen (secondary N) is 2. The molecule has 0 aliphatic heterocycles. The first-order valence-corrected chi connectivity index (χ1v) is 7.63. The molecule has 0 spiro atoms. The number of aromatic amines is 1. The molecule has 1 atom stereocenters. The van der Waals surface area contributed by atoms with Gasteiger partial charge in [-0.3, -0.25) is 0 Å². The van der Waals surface area contributed by atoms with Crippen LogP contribution in [-0.4, -0.2) is 18.6 Å². The second kappa shape index (κ2) is 6.33. The van der Waals surface area contributed by atoms with E-state index in [0.29, 0.717) is 5.92 Å². The normalized spacial score (nSPS) is 12.7. The molecule has 0 fully saturated rings. The first-order chi connectivity index (χ1) is 10.3. The molecule has 1 aromatic heterocycles. The number of rotatable bonds is 5. The molecule has 0 bridgehead atoms. The fraction of sp³-hybridized carbons (Fsp3) is 0.222. The summed E-state index contributed by atoms with van der Waals surface area (Å²) in [6.45, 7) is 0.975. The van der Waals surface area contributed by atoms with Crippen molar-refractivity contribution < 1.29 is 0 Å². The van der Waals surface area contributed by atoms with Gasteiger partial charge in [0.15, 0.2) is 0 Å².